The Hall–Kier alpha value is -0.860. The zero-order chi connectivity index (χ0) is 12.0. The van der Waals surface area contributed by atoms with E-state index in [2.05, 4.69) is 6.07 Å². The third kappa shape index (κ3) is 1.89. The molecule has 0 atom stereocenters. The molecule has 17 heavy (non-hydrogen) atoms. The first-order chi connectivity index (χ1) is 8.05. The van der Waals surface area contributed by atoms with Gasteiger partial charge in [0, 0.05) is 0 Å². The molecular formula is C12H7O3STe-. The fourth-order valence-corrected chi connectivity index (χ4v) is 5.86. The minimum atomic E-state index is -4.34. The molecule has 0 amide bonds. The first-order valence-corrected chi connectivity index (χ1v) is 8.67. The van der Waals surface area contributed by atoms with Gasteiger partial charge in [0.1, 0.15) is 0 Å². The maximum atomic E-state index is 11.0. The summed E-state index contributed by atoms with van der Waals surface area (Å²) >= 11 is -0.557. The van der Waals surface area contributed by atoms with Crippen LogP contribution in [0, 0.1) is 0 Å². The summed E-state index contributed by atoms with van der Waals surface area (Å²) in [6.07, 6.45) is 0. The predicted octanol–water partition coefficient (Wildman–Crippen LogP) is 1.95. The van der Waals surface area contributed by atoms with Gasteiger partial charge in [0.05, 0.1) is 0 Å². The van der Waals surface area contributed by atoms with Crippen LogP contribution in [0.5, 0.6) is 0 Å². The molecule has 3 nitrogen and oxygen atoms in total. The molecule has 0 radical (unpaired) electrons. The van der Waals surface area contributed by atoms with Gasteiger partial charge in [0.2, 0.25) is 0 Å². The molecule has 0 fully saturated rings. The summed E-state index contributed by atoms with van der Waals surface area (Å²) < 4.78 is 35.2. The van der Waals surface area contributed by atoms with E-state index >= 15 is 0 Å². The van der Waals surface area contributed by atoms with Gasteiger partial charge in [-0.1, -0.05) is 0 Å². The molecule has 0 N–H and O–H groups in total. The van der Waals surface area contributed by atoms with Crippen molar-refractivity contribution < 1.29 is 13.0 Å². The van der Waals surface area contributed by atoms with E-state index < -0.39 is 30.5 Å². The van der Waals surface area contributed by atoms with Gasteiger partial charge in [0.15, 0.2) is 0 Å². The monoisotopic (exact) mass is 361 g/mol. The molecule has 0 saturated carbocycles. The van der Waals surface area contributed by atoms with Gasteiger partial charge in [-0.05, 0) is 0 Å². The van der Waals surface area contributed by atoms with E-state index in [0.29, 0.717) is 0 Å². The van der Waals surface area contributed by atoms with Gasteiger partial charge in [-0.2, -0.15) is 0 Å². The second kappa shape index (κ2) is 3.82. The second-order valence-electron chi connectivity index (χ2n) is 3.71. The van der Waals surface area contributed by atoms with Crippen LogP contribution >= 0.6 is 0 Å². The number of rotatable bonds is 1. The van der Waals surface area contributed by atoms with E-state index in [1.54, 1.807) is 12.1 Å². The Morgan fingerprint density at radius 3 is 2.41 bits per heavy atom. The van der Waals surface area contributed by atoms with Gasteiger partial charge >= 0.3 is 108 Å². The van der Waals surface area contributed by atoms with Crippen LogP contribution in [0.25, 0.3) is 17.6 Å². The number of fused-ring (bicyclic) bond motifs is 3. The van der Waals surface area contributed by atoms with Gasteiger partial charge < -0.3 is 0 Å². The van der Waals surface area contributed by atoms with Crippen LogP contribution in [0.1, 0.15) is 0 Å². The molecule has 0 aliphatic carbocycles. The van der Waals surface area contributed by atoms with Gasteiger partial charge in [-0.25, -0.2) is 0 Å². The van der Waals surface area contributed by atoms with Gasteiger partial charge in [-0.3, -0.25) is 0 Å². The third-order valence-electron chi connectivity index (χ3n) is 2.64. The number of hydrogen-bond donors (Lipinski definition) is 0. The van der Waals surface area contributed by atoms with Gasteiger partial charge in [0.25, 0.3) is 0 Å². The summed E-state index contributed by atoms with van der Waals surface area (Å²) in [5, 5.41) is 2.26. The fraction of sp³-hybridized carbons (Fsp3) is 0. The second-order valence-corrected chi connectivity index (χ2v) is 8.18. The zero-order valence-electron chi connectivity index (χ0n) is 8.58. The maximum absolute atomic E-state index is 11.0. The molecule has 86 valence electrons. The summed E-state index contributed by atoms with van der Waals surface area (Å²) in [5.74, 6) is 0. The fourth-order valence-electron chi connectivity index (χ4n) is 1.86. The Kier molecular flexibility index (Phi) is 2.53. The molecular weight excluding hydrogens is 352 g/mol. The number of hydrogen-bond acceptors (Lipinski definition) is 3. The molecule has 0 saturated heterocycles. The SMILES string of the molecule is O=S(=O)([O-])c1ccc2c(c1)[te]c1ccccc12. The van der Waals surface area contributed by atoms with Gasteiger partial charge in [-0.15, -0.1) is 0 Å². The van der Waals surface area contributed by atoms with Crippen LogP contribution < -0.4 is 0 Å². The molecule has 0 bridgehead atoms. The quantitative estimate of drug-likeness (QED) is 0.493. The average Bonchev–Trinajstić information content (AvgIpc) is 2.65. The van der Waals surface area contributed by atoms with Crippen molar-refractivity contribution in [3.8, 4) is 0 Å². The number of benzene rings is 2. The van der Waals surface area contributed by atoms with Crippen molar-refractivity contribution in [3.63, 3.8) is 0 Å². The van der Waals surface area contributed by atoms with Crippen molar-refractivity contribution in [2.24, 2.45) is 0 Å². The Bertz CT molecular complexity index is 818. The topological polar surface area (TPSA) is 57.2 Å². The summed E-state index contributed by atoms with van der Waals surface area (Å²) in [5.41, 5.74) is 0. The molecule has 5 heteroatoms. The summed E-state index contributed by atoms with van der Waals surface area (Å²) in [4.78, 5) is -0.117. The first-order valence-electron chi connectivity index (χ1n) is 4.93. The molecule has 1 heterocycles. The van der Waals surface area contributed by atoms with E-state index in [1.165, 1.54) is 14.9 Å². The Morgan fingerprint density at radius 2 is 1.65 bits per heavy atom. The molecule has 0 spiro atoms. The van der Waals surface area contributed by atoms with Crippen LogP contribution in [0.15, 0.2) is 47.4 Å². The molecule has 1 aromatic heterocycles. The Morgan fingerprint density at radius 1 is 0.941 bits per heavy atom. The Balaban J connectivity index is 2.42. The molecule has 0 unspecified atom stereocenters. The Labute approximate surface area is 108 Å². The standard InChI is InChI=1S/C12H8O3STe/c13-16(14,15)8-5-6-10-9-3-1-2-4-11(9)17-12(10)7-8/h1-7H,(H,13,14,15)/p-1. The molecule has 2 aromatic carbocycles. The van der Waals surface area contributed by atoms with Crippen molar-refractivity contribution in [1.29, 1.82) is 0 Å². The third-order valence-corrected chi connectivity index (χ3v) is 6.71. The van der Waals surface area contributed by atoms with Crippen molar-refractivity contribution in [3.05, 3.63) is 42.5 Å². The van der Waals surface area contributed by atoms with Crippen molar-refractivity contribution in [2.45, 2.75) is 4.90 Å². The predicted molar refractivity (Wildman–Crippen MR) is 66.4 cm³/mol. The average molecular weight is 359 g/mol. The minimum absolute atomic E-state index is 0.117. The van der Waals surface area contributed by atoms with Crippen LogP contribution in [0.3, 0.4) is 0 Å². The van der Waals surface area contributed by atoms with Crippen LogP contribution in [-0.4, -0.2) is 33.4 Å². The van der Waals surface area contributed by atoms with Crippen molar-refractivity contribution in [1.82, 2.24) is 0 Å². The first kappa shape index (κ1) is 11.2. The summed E-state index contributed by atoms with van der Waals surface area (Å²) in [6, 6.07) is 12.8. The molecule has 3 rings (SSSR count). The zero-order valence-corrected chi connectivity index (χ0v) is 11.7. The van der Waals surface area contributed by atoms with Crippen LogP contribution in [0.4, 0.5) is 0 Å². The van der Waals surface area contributed by atoms with Crippen molar-refractivity contribution >= 4 is 48.1 Å². The van der Waals surface area contributed by atoms with E-state index in [1.807, 2.05) is 18.2 Å². The molecule has 3 aromatic rings. The van der Waals surface area contributed by atoms with E-state index in [-0.39, 0.29) is 4.90 Å². The molecule has 0 aliphatic rings. The van der Waals surface area contributed by atoms with Crippen molar-refractivity contribution in [2.75, 3.05) is 0 Å². The normalized spacial score (nSPS) is 12.3. The summed E-state index contributed by atoms with van der Waals surface area (Å²) in [6.45, 7) is 0. The summed E-state index contributed by atoms with van der Waals surface area (Å²) in [7, 11) is -4.34. The molecule has 0 aliphatic heterocycles. The van der Waals surface area contributed by atoms with Crippen LogP contribution in [-0.2, 0) is 10.1 Å². The van der Waals surface area contributed by atoms with E-state index in [9.17, 15) is 13.0 Å². The van der Waals surface area contributed by atoms with E-state index in [4.69, 9.17) is 0 Å². The van der Waals surface area contributed by atoms with Crippen LogP contribution in [0.2, 0.25) is 0 Å². The van der Waals surface area contributed by atoms with E-state index in [0.717, 1.165) is 8.79 Å².